The zero-order valence-corrected chi connectivity index (χ0v) is 10.6. The number of ether oxygens (including phenoxy) is 1. The van der Waals surface area contributed by atoms with E-state index in [4.69, 9.17) is 27.9 Å². The van der Waals surface area contributed by atoms with E-state index in [1.165, 1.54) is 0 Å². The van der Waals surface area contributed by atoms with Crippen LogP contribution in [0.1, 0.15) is 5.56 Å². The van der Waals surface area contributed by atoms with Crippen LogP contribution in [0, 0.1) is 0 Å². The molecular formula is C14H10Cl2O. The number of halogens is 2. The van der Waals surface area contributed by atoms with Gasteiger partial charge in [-0.15, -0.1) is 11.6 Å². The van der Waals surface area contributed by atoms with Crippen molar-refractivity contribution < 1.29 is 4.74 Å². The summed E-state index contributed by atoms with van der Waals surface area (Å²) < 4.78 is 5.68. The van der Waals surface area contributed by atoms with Crippen LogP contribution in [-0.4, -0.2) is 12.5 Å². The molecule has 2 aromatic rings. The molecule has 1 nitrogen and oxygen atoms in total. The summed E-state index contributed by atoms with van der Waals surface area (Å²) in [6, 6.07) is 12.1. The van der Waals surface area contributed by atoms with Crippen LogP contribution in [0.3, 0.4) is 0 Å². The van der Waals surface area contributed by atoms with Gasteiger partial charge in [0.15, 0.2) is 0 Å². The van der Waals surface area contributed by atoms with Crippen molar-refractivity contribution in [2.75, 3.05) is 12.5 Å². The normalized spacial score (nSPS) is 14.7. The standard InChI is InChI=1S/C14H10Cl2O/c15-7-10-8-17-12-6-5-9-3-1-2-4-11(9)13(12)14(10)16/h1-6H,7-8H2. The molecule has 0 radical (unpaired) electrons. The smallest absolute Gasteiger partial charge is 0.129 e. The van der Waals surface area contributed by atoms with Gasteiger partial charge in [-0.05, 0) is 16.8 Å². The average Bonchev–Trinajstić information content (AvgIpc) is 2.38. The van der Waals surface area contributed by atoms with E-state index in [1.54, 1.807) is 0 Å². The molecule has 17 heavy (non-hydrogen) atoms. The fourth-order valence-corrected chi connectivity index (χ4v) is 2.70. The average molecular weight is 265 g/mol. The maximum Gasteiger partial charge on any atom is 0.129 e. The summed E-state index contributed by atoms with van der Waals surface area (Å²) in [6.07, 6.45) is 0. The second-order valence-corrected chi connectivity index (χ2v) is 4.64. The fraction of sp³-hybridized carbons (Fsp3) is 0.143. The fourth-order valence-electron chi connectivity index (χ4n) is 2.10. The van der Waals surface area contributed by atoms with Crippen LogP contribution in [0.5, 0.6) is 5.75 Å². The Bertz CT molecular complexity index is 617. The zero-order chi connectivity index (χ0) is 11.8. The molecule has 0 aromatic heterocycles. The lowest BCUT2D eigenvalue weighted by Gasteiger charge is -2.21. The second-order valence-electron chi connectivity index (χ2n) is 4.00. The van der Waals surface area contributed by atoms with Crippen LogP contribution in [0.15, 0.2) is 42.0 Å². The van der Waals surface area contributed by atoms with E-state index in [0.717, 1.165) is 32.7 Å². The monoisotopic (exact) mass is 264 g/mol. The van der Waals surface area contributed by atoms with E-state index in [0.29, 0.717) is 12.5 Å². The molecule has 0 fully saturated rings. The van der Waals surface area contributed by atoms with Crippen molar-refractivity contribution >= 4 is 39.0 Å². The molecular weight excluding hydrogens is 255 g/mol. The molecule has 1 aliphatic heterocycles. The van der Waals surface area contributed by atoms with Gasteiger partial charge >= 0.3 is 0 Å². The lowest BCUT2D eigenvalue weighted by molar-refractivity contribution is 0.348. The van der Waals surface area contributed by atoms with Crippen molar-refractivity contribution in [3.8, 4) is 5.75 Å². The number of alkyl halides is 1. The summed E-state index contributed by atoms with van der Waals surface area (Å²) in [5, 5.41) is 3.00. The maximum atomic E-state index is 6.41. The minimum Gasteiger partial charge on any atom is -0.488 e. The molecule has 0 aliphatic carbocycles. The van der Waals surface area contributed by atoms with Gasteiger partial charge in [-0.1, -0.05) is 41.9 Å². The maximum absolute atomic E-state index is 6.41. The third kappa shape index (κ3) is 1.70. The van der Waals surface area contributed by atoms with Crippen LogP contribution >= 0.6 is 23.2 Å². The van der Waals surface area contributed by atoms with E-state index in [9.17, 15) is 0 Å². The van der Waals surface area contributed by atoms with Gasteiger partial charge in [-0.2, -0.15) is 0 Å². The van der Waals surface area contributed by atoms with E-state index in [1.807, 2.05) is 24.3 Å². The molecule has 0 saturated carbocycles. The molecule has 2 aromatic carbocycles. The van der Waals surface area contributed by atoms with Gasteiger partial charge in [-0.25, -0.2) is 0 Å². The van der Waals surface area contributed by atoms with Gasteiger partial charge in [0.05, 0.1) is 5.03 Å². The predicted molar refractivity (Wildman–Crippen MR) is 72.9 cm³/mol. The number of hydrogen-bond acceptors (Lipinski definition) is 1. The zero-order valence-electron chi connectivity index (χ0n) is 9.04. The molecule has 0 unspecified atom stereocenters. The number of rotatable bonds is 1. The van der Waals surface area contributed by atoms with Gasteiger partial charge in [-0.3, -0.25) is 0 Å². The third-order valence-electron chi connectivity index (χ3n) is 2.98. The Morgan fingerprint density at radius 2 is 1.94 bits per heavy atom. The quantitative estimate of drug-likeness (QED) is 0.693. The van der Waals surface area contributed by atoms with Gasteiger partial charge in [0, 0.05) is 17.0 Å². The summed E-state index contributed by atoms with van der Waals surface area (Å²) >= 11 is 12.3. The van der Waals surface area contributed by atoms with Gasteiger partial charge in [0.1, 0.15) is 12.4 Å². The van der Waals surface area contributed by atoms with Crippen LogP contribution in [0.2, 0.25) is 0 Å². The minimum atomic E-state index is 0.404. The second kappa shape index (κ2) is 4.25. The van der Waals surface area contributed by atoms with Gasteiger partial charge in [0.2, 0.25) is 0 Å². The Kier molecular flexibility index (Phi) is 2.73. The first-order chi connectivity index (χ1) is 8.31. The molecule has 0 atom stereocenters. The summed E-state index contributed by atoms with van der Waals surface area (Å²) in [5.41, 5.74) is 1.91. The van der Waals surface area contributed by atoms with Gasteiger partial charge in [0.25, 0.3) is 0 Å². The number of hydrogen-bond donors (Lipinski definition) is 0. The Morgan fingerprint density at radius 1 is 1.12 bits per heavy atom. The topological polar surface area (TPSA) is 9.23 Å². The number of benzene rings is 2. The van der Waals surface area contributed by atoms with Crippen LogP contribution in [0.25, 0.3) is 15.8 Å². The molecule has 3 rings (SSSR count). The highest BCUT2D eigenvalue weighted by Gasteiger charge is 2.20. The van der Waals surface area contributed by atoms with Crippen LogP contribution in [0.4, 0.5) is 0 Å². The SMILES string of the molecule is ClCC1=C(Cl)c2c(ccc3ccccc23)OC1. The predicted octanol–water partition coefficient (Wildman–Crippen LogP) is 4.42. The van der Waals surface area contributed by atoms with Crippen LogP contribution < -0.4 is 4.74 Å². The van der Waals surface area contributed by atoms with Crippen molar-refractivity contribution in [1.82, 2.24) is 0 Å². The third-order valence-corrected chi connectivity index (χ3v) is 3.76. The summed E-state index contributed by atoms with van der Waals surface area (Å²) in [7, 11) is 0. The Hall–Kier alpha value is -1.18. The molecule has 1 aliphatic rings. The lowest BCUT2D eigenvalue weighted by atomic mass is 10.00. The summed E-state index contributed by atoms with van der Waals surface area (Å²) in [5.74, 6) is 1.24. The Morgan fingerprint density at radius 3 is 2.76 bits per heavy atom. The Labute approximate surface area is 110 Å². The molecule has 0 saturated heterocycles. The molecule has 3 heteroatoms. The highest BCUT2D eigenvalue weighted by molar-refractivity contribution is 6.51. The van der Waals surface area contributed by atoms with Crippen molar-refractivity contribution in [3.05, 3.63) is 47.5 Å². The van der Waals surface area contributed by atoms with Crippen molar-refractivity contribution in [2.24, 2.45) is 0 Å². The highest BCUT2D eigenvalue weighted by atomic mass is 35.5. The molecule has 1 heterocycles. The summed E-state index contributed by atoms with van der Waals surface area (Å²) in [4.78, 5) is 0. The van der Waals surface area contributed by atoms with E-state index in [-0.39, 0.29) is 0 Å². The van der Waals surface area contributed by atoms with E-state index < -0.39 is 0 Å². The molecule has 0 N–H and O–H groups in total. The molecule has 0 spiro atoms. The lowest BCUT2D eigenvalue weighted by Crippen LogP contribution is -2.10. The van der Waals surface area contributed by atoms with Gasteiger partial charge < -0.3 is 4.74 Å². The van der Waals surface area contributed by atoms with Crippen molar-refractivity contribution in [3.63, 3.8) is 0 Å². The first-order valence-corrected chi connectivity index (χ1v) is 6.31. The highest BCUT2D eigenvalue weighted by Crippen LogP contribution is 2.40. The van der Waals surface area contributed by atoms with E-state index >= 15 is 0 Å². The van der Waals surface area contributed by atoms with E-state index in [2.05, 4.69) is 12.1 Å². The van der Waals surface area contributed by atoms with Crippen molar-refractivity contribution in [2.45, 2.75) is 0 Å². The van der Waals surface area contributed by atoms with Crippen LogP contribution in [-0.2, 0) is 0 Å². The largest absolute Gasteiger partial charge is 0.488 e. The Balaban J connectivity index is 2.36. The molecule has 0 amide bonds. The first-order valence-electron chi connectivity index (χ1n) is 5.39. The molecule has 86 valence electrons. The molecule has 0 bridgehead atoms. The summed E-state index contributed by atoms with van der Waals surface area (Å²) in [6.45, 7) is 0.480. The van der Waals surface area contributed by atoms with Crippen molar-refractivity contribution in [1.29, 1.82) is 0 Å². The first kappa shape index (κ1) is 10.9. The number of fused-ring (bicyclic) bond motifs is 3. The minimum absolute atomic E-state index is 0.404.